The lowest BCUT2D eigenvalue weighted by Gasteiger charge is -1.99. The van der Waals surface area contributed by atoms with Crippen LogP contribution in [0.3, 0.4) is 0 Å². The zero-order chi connectivity index (χ0) is 11.9. The summed E-state index contributed by atoms with van der Waals surface area (Å²) in [5.41, 5.74) is 4.94. The molecular weight excluding hydrogens is 241 g/mol. The second-order valence-corrected chi connectivity index (χ2v) is 4.16. The molecule has 0 aliphatic carbocycles. The Bertz CT molecular complexity index is 561. The van der Waals surface area contributed by atoms with E-state index >= 15 is 0 Å². The fourth-order valence-corrected chi connectivity index (χ4v) is 2.15. The minimum Gasteiger partial charge on any atom is -0.364 e. The van der Waals surface area contributed by atoms with Crippen molar-refractivity contribution in [1.29, 1.82) is 0 Å². The van der Waals surface area contributed by atoms with Gasteiger partial charge >= 0.3 is 6.18 Å². The molecule has 0 aliphatic heterocycles. The quantitative estimate of drug-likeness (QED) is 0.840. The normalized spacial score (nSPS) is 11.9. The molecule has 2 aromatic rings. The van der Waals surface area contributed by atoms with Gasteiger partial charge in [-0.1, -0.05) is 0 Å². The molecule has 0 saturated carbocycles. The summed E-state index contributed by atoms with van der Waals surface area (Å²) in [5.74, 6) is -0.760. The molecule has 16 heavy (non-hydrogen) atoms. The van der Waals surface area contributed by atoms with Crippen LogP contribution < -0.4 is 5.73 Å². The van der Waals surface area contributed by atoms with Gasteiger partial charge in [-0.25, -0.2) is 0 Å². The van der Waals surface area contributed by atoms with Gasteiger partial charge in [-0.15, -0.1) is 11.3 Å². The summed E-state index contributed by atoms with van der Waals surface area (Å²) in [7, 11) is 0. The van der Waals surface area contributed by atoms with Gasteiger partial charge in [-0.05, 0) is 12.1 Å². The van der Waals surface area contributed by atoms with E-state index in [1.165, 1.54) is 12.3 Å². The van der Waals surface area contributed by atoms with Crippen LogP contribution in [0.4, 0.5) is 13.2 Å². The zero-order valence-corrected chi connectivity index (χ0v) is 8.52. The molecule has 0 spiro atoms. The molecule has 1 amide bonds. The van der Waals surface area contributed by atoms with Crippen LogP contribution in [0.25, 0.3) is 10.1 Å². The van der Waals surface area contributed by atoms with Crippen molar-refractivity contribution in [3.63, 3.8) is 0 Å². The number of carbonyl (C=O) groups is 1. The van der Waals surface area contributed by atoms with E-state index in [0.29, 0.717) is 21.4 Å². The molecule has 0 unspecified atom stereocenters. The first-order chi connectivity index (χ1) is 7.38. The number of aromatic nitrogens is 1. The summed E-state index contributed by atoms with van der Waals surface area (Å²) in [5, 5.41) is 0.349. The van der Waals surface area contributed by atoms with Crippen LogP contribution in [0, 0.1) is 0 Å². The highest BCUT2D eigenvalue weighted by Gasteiger charge is 2.32. The number of carbonyl (C=O) groups excluding carboxylic acids is 1. The average molecular weight is 246 g/mol. The molecule has 0 saturated heterocycles. The van der Waals surface area contributed by atoms with Crippen molar-refractivity contribution < 1.29 is 18.0 Å². The number of hydrogen-bond acceptors (Lipinski definition) is 3. The summed E-state index contributed by atoms with van der Waals surface area (Å²) in [6.07, 6.45) is -3.17. The second-order valence-electron chi connectivity index (χ2n) is 3.08. The summed E-state index contributed by atoms with van der Waals surface area (Å²) in [6.45, 7) is 0. The summed E-state index contributed by atoms with van der Waals surface area (Å²) in [4.78, 5) is 13.7. The van der Waals surface area contributed by atoms with Crippen molar-refractivity contribution in [2.75, 3.05) is 0 Å². The Kier molecular flexibility index (Phi) is 2.34. The van der Waals surface area contributed by atoms with Crippen molar-refractivity contribution in [3.8, 4) is 0 Å². The van der Waals surface area contributed by atoms with E-state index in [0.717, 1.165) is 6.07 Å². The molecule has 0 aliphatic rings. The average Bonchev–Trinajstić information content (AvgIpc) is 2.58. The highest BCUT2D eigenvalue weighted by Crippen LogP contribution is 2.37. The fourth-order valence-electron chi connectivity index (χ4n) is 1.21. The minimum absolute atomic E-state index is 0.0388. The third-order valence-electron chi connectivity index (χ3n) is 1.93. The smallest absolute Gasteiger partial charge is 0.364 e. The van der Waals surface area contributed by atoms with E-state index in [2.05, 4.69) is 4.98 Å². The van der Waals surface area contributed by atoms with Gasteiger partial charge < -0.3 is 5.73 Å². The molecule has 0 fully saturated rings. The monoisotopic (exact) mass is 246 g/mol. The lowest BCUT2D eigenvalue weighted by molar-refractivity contribution is -0.134. The van der Waals surface area contributed by atoms with Crippen LogP contribution in [0.15, 0.2) is 18.3 Å². The van der Waals surface area contributed by atoms with E-state index in [-0.39, 0.29) is 5.69 Å². The van der Waals surface area contributed by atoms with E-state index < -0.39 is 17.0 Å². The van der Waals surface area contributed by atoms with Crippen LogP contribution in [0.5, 0.6) is 0 Å². The highest BCUT2D eigenvalue weighted by molar-refractivity contribution is 7.19. The maximum Gasteiger partial charge on any atom is 0.425 e. The van der Waals surface area contributed by atoms with Crippen molar-refractivity contribution in [2.24, 2.45) is 5.73 Å². The molecular formula is C9H5F3N2OS. The lowest BCUT2D eigenvalue weighted by atomic mass is 10.3. The largest absolute Gasteiger partial charge is 0.425 e. The third kappa shape index (κ3) is 1.85. The van der Waals surface area contributed by atoms with Crippen molar-refractivity contribution >= 4 is 27.3 Å². The number of hydrogen-bond donors (Lipinski definition) is 1. The first-order valence-electron chi connectivity index (χ1n) is 4.14. The number of halogens is 3. The number of rotatable bonds is 1. The van der Waals surface area contributed by atoms with Gasteiger partial charge in [-0.3, -0.25) is 9.78 Å². The van der Waals surface area contributed by atoms with Crippen LogP contribution in [-0.4, -0.2) is 10.9 Å². The molecule has 7 heteroatoms. The predicted molar refractivity (Wildman–Crippen MR) is 53.1 cm³/mol. The molecule has 0 bridgehead atoms. The molecule has 0 atom stereocenters. The number of thiophene rings is 1. The predicted octanol–water partition coefficient (Wildman–Crippen LogP) is 2.41. The molecule has 3 nitrogen and oxygen atoms in total. The van der Waals surface area contributed by atoms with Crippen LogP contribution >= 0.6 is 11.3 Å². The number of nitrogens with two attached hydrogens (primary N) is 1. The van der Waals surface area contributed by atoms with E-state index in [9.17, 15) is 18.0 Å². The van der Waals surface area contributed by atoms with Crippen molar-refractivity contribution in [3.05, 3.63) is 28.9 Å². The summed E-state index contributed by atoms with van der Waals surface area (Å²) in [6, 6.07) is 2.26. The topological polar surface area (TPSA) is 56.0 Å². The van der Waals surface area contributed by atoms with Crippen LogP contribution in [0.1, 0.15) is 15.4 Å². The molecule has 84 valence electrons. The Morgan fingerprint density at radius 1 is 1.38 bits per heavy atom. The van der Waals surface area contributed by atoms with Gasteiger partial charge in [0.2, 0.25) is 0 Å². The van der Waals surface area contributed by atoms with E-state index in [1.807, 2.05) is 0 Å². The summed E-state index contributed by atoms with van der Waals surface area (Å²) >= 11 is 0.563. The SMILES string of the molecule is NC(=O)c1cc2sc(C(F)(F)F)cc2cn1. The number of amides is 1. The van der Waals surface area contributed by atoms with Crippen LogP contribution in [0.2, 0.25) is 0 Å². The Morgan fingerprint density at radius 3 is 2.62 bits per heavy atom. The number of nitrogens with zero attached hydrogens (tertiary/aromatic N) is 1. The van der Waals surface area contributed by atoms with Gasteiger partial charge in [0.25, 0.3) is 5.91 Å². The van der Waals surface area contributed by atoms with Gasteiger partial charge in [0.05, 0.1) is 0 Å². The van der Waals surface area contributed by atoms with Gasteiger partial charge in [0, 0.05) is 16.3 Å². The van der Waals surface area contributed by atoms with Gasteiger partial charge in [0.1, 0.15) is 10.6 Å². The zero-order valence-electron chi connectivity index (χ0n) is 7.71. The van der Waals surface area contributed by atoms with E-state index in [4.69, 9.17) is 5.73 Å². The van der Waals surface area contributed by atoms with Crippen molar-refractivity contribution in [1.82, 2.24) is 4.98 Å². The molecule has 0 radical (unpaired) electrons. The molecule has 0 aromatic carbocycles. The maximum absolute atomic E-state index is 12.4. The van der Waals surface area contributed by atoms with Crippen molar-refractivity contribution in [2.45, 2.75) is 6.18 Å². The Hall–Kier alpha value is -1.63. The fraction of sp³-hybridized carbons (Fsp3) is 0.111. The Morgan fingerprint density at radius 2 is 2.06 bits per heavy atom. The number of fused-ring (bicyclic) bond motifs is 1. The molecule has 2 rings (SSSR count). The van der Waals surface area contributed by atoms with Gasteiger partial charge in [0.15, 0.2) is 0 Å². The molecule has 2 heterocycles. The first kappa shape index (κ1) is 10.9. The Labute approximate surface area is 91.7 Å². The van der Waals surface area contributed by atoms with Gasteiger partial charge in [-0.2, -0.15) is 13.2 Å². The molecule has 2 N–H and O–H groups in total. The number of primary amides is 1. The Balaban J connectivity index is 2.59. The highest BCUT2D eigenvalue weighted by atomic mass is 32.1. The second kappa shape index (κ2) is 3.44. The maximum atomic E-state index is 12.4. The summed E-state index contributed by atoms with van der Waals surface area (Å²) < 4.78 is 37.5. The number of alkyl halides is 3. The first-order valence-corrected chi connectivity index (χ1v) is 4.96. The van der Waals surface area contributed by atoms with Crippen LogP contribution in [-0.2, 0) is 6.18 Å². The third-order valence-corrected chi connectivity index (χ3v) is 3.08. The lowest BCUT2D eigenvalue weighted by Crippen LogP contribution is -2.12. The number of pyridine rings is 1. The minimum atomic E-state index is -4.38. The molecule has 2 aromatic heterocycles. The standard InChI is InChI=1S/C9H5F3N2OS/c10-9(11,12)7-1-4-3-14-5(8(13)15)2-6(4)16-7/h1-3H,(H2,13,15). The van der Waals surface area contributed by atoms with E-state index in [1.54, 1.807) is 0 Å².